The molecule has 2 N–H and O–H groups in total. The SMILES string of the molecule is C=C(C)COCCNc1ccc(C(=O)O)nn1. The minimum absolute atomic E-state index is 0.0749. The highest BCUT2D eigenvalue weighted by molar-refractivity contribution is 5.85. The van der Waals surface area contributed by atoms with Gasteiger partial charge in [-0.25, -0.2) is 4.79 Å². The van der Waals surface area contributed by atoms with Crippen LogP contribution in [0.5, 0.6) is 0 Å². The third kappa shape index (κ3) is 5.07. The van der Waals surface area contributed by atoms with Crippen molar-refractivity contribution in [2.45, 2.75) is 6.92 Å². The summed E-state index contributed by atoms with van der Waals surface area (Å²) in [7, 11) is 0. The van der Waals surface area contributed by atoms with Crippen molar-refractivity contribution in [2.24, 2.45) is 0 Å². The molecule has 0 aliphatic carbocycles. The Hall–Kier alpha value is -1.95. The van der Waals surface area contributed by atoms with Crippen molar-refractivity contribution in [3.05, 3.63) is 30.0 Å². The first kappa shape index (κ1) is 13.1. The zero-order valence-electron chi connectivity index (χ0n) is 9.64. The fourth-order valence-corrected chi connectivity index (χ4v) is 1.04. The van der Waals surface area contributed by atoms with Crippen molar-refractivity contribution in [1.82, 2.24) is 10.2 Å². The number of aromatic carboxylic acids is 1. The molecule has 1 aromatic rings. The number of ether oxygens (including phenoxy) is 1. The Bertz CT molecular complexity index is 389. The Morgan fingerprint density at radius 3 is 2.82 bits per heavy atom. The molecule has 0 atom stereocenters. The van der Waals surface area contributed by atoms with E-state index in [1.807, 2.05) is 6.92 Å². The summed E-state index contributed by atoms with van der Waals surface area (Å²) in [5.41, 5.74) is 0.893. The second kappa shape index (κ2) is 6.59. The van der Waals surface area contributed by atoms with Gasteiger partial charge in [-0.3, -0.25) is 0 Å². The molecule has 0 unspecified atom stereocenters. The van der Waals surface area contributed by atoms with E-state index in [0.717, 1.165) is 5.57 Å². The van der Waals surface area contributed by atoms with Crippen LogP contribution in [0.2, 0.25) is 0 Å². The second-order valence-corrected chi connectivity index (χ2v) is 3.55. The summed E-state index contributed by atoms with van der Waals surface area (Å²) >= 11 is 0. The maximum Gasteiger partial charge on any atom is 0.356 e. The predicted molar refractivity (Wildman–Crippen MR) is 63.1 cm³/mol. The second-order valence-electron chi connectivity index (χ2n) is 3.55. The van der Waals surface area contributed by atoms with Crippen molar-refractivity contribution in [3.63, 3.8) is 0 Å². The van der Waals surface area contributed by atoms with E-state index >= 15 is 0 Å². The molecule has 6 heteroatoms. The van der Waals surface area contributed by atoms with E-state index in [1.54, 1.807) is 6.07 Å². The third-order valence-corrected chi connectivity index (χ3v) is 1.78. The molecule has 0 aromatic carbocycles. The summed E-state index contributed by atoms with van der Waals surface area (Å²) in [5.74, 6) is -0.567. The minimum atomic E-state index is -1.09. The van der Waals surface area contributed by atoms with E-state index in [-0.39, 0.29) is 5.69 Å². The molecule has 6 nitrogen and oxygen atoms in total. The first-order valence-corrected chi connectivity index (χ1v) is 5.12. The average Bonchev–Trinajstić information content (AvgIpc) is 2.29. The van der Waals surface area contributed by atoms with Crippen LogP contribution in [0.4, 0.5) is 5.82 Å². The summed E-state index contributed by atoms with van der Waals surface area (Å²) in [6, 6.07) is 2.96. The Morgan fingerprint density at radius 1 is 1.53 bits per heavy atom. The molecule has 92 valence electrons. The summed E-state index contributed by atoms with van der Waals surface area (Å²) in [4.78, 5) is 10.5. The van der Waals surface area contributed by atoms with Crippen LogP contribution < -0.4 is 5.32 Å². The number of hydrogen-bond donors (Lipinski definition) is 2. The van der Waals surface area contributed by atoms with Crippen LogP contribution in [0, 0.1) is 0 Å². The molecule has 0 aliphatic heterocycles. The molecular formula is C11H15N3O3. The molecule has 0 saturated heterocycles. The van der Waals surface area contributed by atoms with Crippen LogP contribution in [-0.2, 0) is 4.74 Å². The number of nitrogens with one attached hydrogen (secondary N) is 1. The molecule has 0 aliphatic rings. The fourth-order valence-electron chi connectivity index (χ4n) is 1.04. The van der Waals surface area contributed by atoms with Crippen LogP contribution in [0.3, 0.4) is 0 Å². The van der Waals surface area contributed by atoms with E-state index in [9.17, 15) is 4.79 Å². The van der Waals surface area contributed by atoms with E-state index in [1.165, 1.54) is 6.07 Å². The lowest BCUT2D eigenvalue weighted by Gasteiger charge is -2.05. The molecule has 0 fully saturated rings. The van der Waals surface area contributed by atoms with Gasteiger partial charge in [-0.1, -0.05) is 12.2 Å². The Labute approximate surface area is 99.3 Å². The molecule has 1 heterocycles. The van der Waals surface area contributed by atoms with Gasteiger partial charge in [0, 0.05) is 6.54 Å². The van der Waals surface area contributed by atoms with Gasteiger partial charge >= 0.3 is 5.97 Å². The van der Waals surface area contributed by atoms with Gasteiger partial charge in [-0.2, -0.15) is 0 Å². The lowest BCUT2D eigenvalue weighted by Crippen LogP contribution is -2.12. The Kier molecular flexibility index (Phi) is 5.09. The van der Waals surface area contributed by atoms with Crippen molar-refractivity contribution in [2.75, 3.05) is 25.1 Å². The maximum absolute atomic E-state index is 10.5. The largest absolute Gasteiger partial charge is 0.476 e. The molecule has 17 heavy (non-hydrogen) atoms. The number of nitrogens with zero attached hydrogens (tertiary/aromatic N) is 2. The average molecular weight is 237 g/mol. The zero-order valence-corrected chi connectivity index (χ0v) is 9.64. The predicted octanol–water partition coefficient (Wildman–Crippen LogP) is 1.18. The van der Waals surface area contributed by atoms with Gasteiger partial charge in [0.2, 0.25) is 0 Å². The highest BCUT2D eigenvalue weighted by atomic mass is 16.5. The van der Waals surface area contributed by atoms with E-state index in [0.29, 0.717) is 25.6 Å². The van der Waals surface area contributed by atoms with Gasteiger partial charge in [-0.05, 0) is 19.1 Å². The number of carbonyl (C=O) groups is 1. The standard InChI is InChI=1S/C11H15N3O3/c1-8(2)7-17-6-5-12-10-4-3-9(11(15)16)13-14-10/h3-4H,1,5-7H2,2H3,(H,12,14)(H,15,16). The molecule has 0 spiro atoms. The number of rotatable bonds is 7. The lowest BCUT2D eigenvalue weighted by atomic mass is 10.4. The summed E-state index contributed by atoms with van der Waals surface area (Å²) in [5, 5.41) is 18.8. The lowest BCUT2D eigenvalue weighted by molar-refractivity contribution is 0.0689. The minimum Gasteiger partial charge on any atom is -0.476 e. The van der Waals surface area contributed by atoms with Gasteiger partial charge in [-0.15, -0.1) is 10.2 Å². The molecule has 1 aromatic heterocycles. The molecule has 1 rings (SSSR count). The third-order valence-electron chi connectivity index (χ3n) is 1.78. The highest BCUT2D eigenvalue weighted by Gasteiger charge is 2.04. The molecular weight excluding hydrogens is 222 g/mol. The normalized spacial score (nSPS) is 9.94. The van der Waals surface area contributed by atoms with Crippen LogP contribution in [-0.4, -0.2) is 41.0 Å². The molecule has 0 amide bonds. The van der Waals surface area contributed by atoms with Crippen molar-refractivity contribution in [1.29, 1.82) is 0 Å². The van der Waals surface area contributed by atoms with Crippen molar-refractivity contribution in [3.8, 4) is 0 Å². The number of aromatic nitrogens is 2. The van der Waals surface area contributed by atoms with Gasteiger partial charge in [0.05, 0.1) is 13.2 Å². The Morgan fingerprint density at radius 2 is 2.29 bits per heavy atom. The number of carboxylic acids is 1. The van der Waals surface area contributed by atoms with Crippen molar-refractivity contribution < 1.29 is 14.6 Å². The topological polar surface area (TPSA) is 84.3 Å². The van der Waals surface area contributed by atoms with E-state index in [2.05, 4.69) is 22.1 Å². The van der Waals surface area contributed by atoms with E-state index < -0.39 is 5.97 Å². The fraction of sp³-hybridized carbons (Fsp3) is 0.364. The molecule has 0 radical (unpaired) electrons. The van der Waals surface area contributed by atoms with Gasteiger partial charge in [0.1, 0.15) is 5.82 Å². The monoisotopic (exact) mass is 237 g/mol. The highest BCUT2D eigenvalue weighted by Crippen LogP contribution is 2.01. The molecule has 0 saturated carbocycles. The number of hydrogen-bond acceptors (Lipinski definition) is 5. The van der Waals surface area contributed by atoms with Crippen LogP contribution in [0.1, 0.15) is 17.4 Å². The van der Waals surface area contributed by atoms with Gasteiger partial charge < -0.3 is 15.2 Å². The maximum atomic E-state index is 10.5. The molecule has 0 bridgehead atoms. The number of anilines is 1. The first-order chi connectivity index (χ1) is 8.09. The van der Waals surface area contributed by atoms with Crippen LogP contribution in [0.15, 0.2) is 24.3 Å². The van der Waals surface area contributed by atoms with Crippen molar-refractivity contribution >= 4 is 11.8 Å². The van der Waals surface area contributed by atoms with Crippen LogP contribution >= 0.6 is 0 Å². The quantitative estimate of drug-likeness (QED) is 0.547. The van der Waals surface area contributed by atoms with E-state index in [4.69, 9.17) is 9.84 Å². The van der Waals surface area contributed by atoms with Gasteiger partial charge in [0.15, 0.2) is 5.69 Å². The summed E-state index contributed by atoms with van der Waals surface area (Å²) in [6.45, 7) is 7.24. The first-order valence-electron chi connectivity index (χ1n) is 5.12. The zero-order chi connectivity index (χ0) is 12.7. The summed E-state index contributed by atoms with van der Waals surface area (Å²) < 4.78 is 5.27. The van der Waals surface area contributed by atoms with Crippen LogP contribution in [0.25, 0.3) is 0 Å². The number of carboxylic acid groups (broad SMARTS) is 1. The Balaban J connectivity index is 2.27. The summed E-state index contributed by atoms with van der Waals surface area (Å²) in [6.07, 6.45) is 0. The van der Waals surface area contributed by atoms with Gasteiger partial charge in [0.25, 0.3) is 0 Å². The smallest absolute Gasteiger partial charge is 0.356 e.